The summed E-state index contributed by atoms with van der Waals surface area (Å²) < 4.78 is 0. The molecule has 6 atom stereocenters. The fourth-order valence-corrected chi connectivity index (χ4v) is 6.34. The van der Waals surface area contributed by atoms with E-state index in [1.54, 1.807) is 6.08 Å². The predicted octanol–water partition coefficient (Wildman–Crippen LogP) is 3.66. The molecular weight excluding hydrogens is 260 g/mol. The van der Waals surface area contributed by atoms with Crippen molar-refractivity contribution < 1.29 is 9.90 Å². The Bertz CT molecular complexity index is 546. The maximum absolute atomic E-state index is 11.7. The molecule has 114 valence electrons. The number of carbonyl (C=O) groups is 1. The second kappa shape index (κ2) is 4.32. The molecule has 0 spiro atoms. The zero-order valence-electron chi connectivity index (χ0n) is 13.1. The van der Waals surface area contributed by atoms with Gasteiger partial charge in [0.05, 0.1) is 6.10 Å². The number of ketones is 1. The Morgan fingerprint density at radius 3 is 2.90 bits per heavy atom. The van der Waals surface area contributed by atoms with Gasteiger partial charge in [0.15, 0.2) is 5.78 Å². The van der Waals surface area contributed by atoms with Crippen LogP contribution in [-0.4, -0.2) is 17.0 Å². The number of hydrogen-bond donors (Lipinski definition) is 1. The molecule has 0 saturated heterocycles. The highest BCUT2D eigenvalue weighted by Gasteiger charge is 2.58. The number of aliphatic hydroxyl groups is 1. The summed E-state index contributed by atoms with van der Waals surface area (Å²) in [5, 5.41) is 10.9. The van der Waals surface area contributed by atoms with Crippen LogP contribution in [0.4, 0.5) is 0 Å². The highest BCUT2D eigenvalue weighted by atomic mass is 16.3. The Kier molecular flexibility index (Phi) is 2.83. The van der Waals surface area contributed by atoms with Crippen molar-refractivity contribution in [2.45, 2.75) is 58.5 Å². The summed E-state index contributed by atoms with van der Waals surface area (Å²) in [5.41, 5.74) is 1.52. The van der Waals surface area contributed by atoms with Crippen LogP contribution in [0, 0.1) is 28.6 Å². The third-order valence-corrected chi connectivity index (χ3v) is 7.27. The molecule has 4 aliphatic rings. The number of hydrogen-bond acceptors (Lipinski definition) is 2. The van der Waals surface area contributed by atoms with E-state index in [0.29, 0.717) is 17.3 Å². The lowest BCUT2D eigenvalue weighted by Crippen LogP contribution is -2.54. The molecule has 0 aliphatic heterocycles. The van der Waals surface area contributed by atoms with Crippen LogP contribution in [-0.2, 0) is 4.79 Å². The first-order valence-electron chi connectivity index (χ1n) is 8.56. The fraction of sp³-hybridized carbons (Fsp3) is 0.737. The molecule has 4 rings (SSSR count). The van der Waals surface area contributed by atoms with Crippen LogP contribution in [0.2, 0.25) is 0 Å². The zero-order chi connectivity index (χ0) is 14.8. The molecule has 3 fully saturated rings. The minimum Gasteiger partial charge on any atom is -0.393 e. The summed E-state index contributed by atoms with van der Waals surface area (Å²) >= 11 is 0. The summed E-state index contributed by atoms with van der Waals surface area (Å²) in [4.78, 5) is 11.7. The number of fused-ring (bicyclic) bond motifs is 5. The molecule has 4 aliphatic carbocycles. The summed E-state index contributed by atoms with van der Waals surface area (Å²) in [6.45, 7) is 4.65. The van der Waals surface area contributed by atoms with E-state index in [1.165, 1.54) is 24.8 Å². The Labute approximate surface area is 127 Å². The van der Waals surface area contributed by atoms with Crippen molar-refractivity contribution in [3.05, 3.63) is 23.8 Å². The Morgan fingerprint density at radius 1 is 1.29 bits per heavy atom. The van der Waals surface area contributed by atoms with E-state index >= 15 is 0 Å². The van der Waals surface area contributed by atoms with Crippen molar-refractivity contribution in [1.29, 1.82) is 0 Å². The van der Waals surface area contributed by atoms with E-state index in [1.807, 2.05) is 6.08 Å². The lowest BCUT2D eigenvalue weighted by atomic mass is 9.47. The van der Waals surface area contributed by atoms with Gasteiger partial charge in [0.1, 0.15) is 0 Å². The monoisotopic (exact) mass is 286 g/mol. The van der Waals surface area contributed by atoms with E-state index < -0.39 is 0 Å². The maximum atomic E-state index is 11.7. The minimum atomic E-state index is -0.221. The number of carbonyl (C=O) groups excluding carboxylic acids is 1. The van der Waals surface area contributed by atoms with Crippen LogP contribution in [0.15, 0.2) is 23.8 Å². The molecule has 21 heavy (non-hydrogen) atoms. The van der Waals surface area contributed by atoms with E-state index in [-0.39, 0.29) is 17.3 Å². The second-order valence-electron chi connectivity index (χ2n) is 8.34. The average molecular weight is 286 g/mol. The molecule has 0 amide bonds. The molecule has 0 aromatic carbocycles. The molecular formula is C19H26O2. The first kappa shape index (κ1) is 13.8. The summed E-state index contributed by atoms with van der Waals surface area (Å²) in [6.07, 6.45) is 12.5. The second-order valence-corrected chi connectivity index (χ2v) is 8.34. The standard InChI is InChI=1S/C19H26O2/c1-18-8-3-4-15(18)14-6-5-12-10-13(20)7-9-19(12,2)17(14)16(21)11-18/h7,9-10,14-17,21H,3-6,8,11H2,1-2H3/t14?,15?,16?,17?,18-,19-/m0/s1. The Morgan fingerprint density at radius 2 is 2.10 bits per heavy atom. The molecule has 0 radical (unpaired) electrons. The predicted molar refractivity (Wildman–Crippen MR) is 82.6 cm³/mol. The van der Waals surface area contributed by atoms with Gasteiger partial charge in [-0.05, 0) is 61.5 Å². The first-order chi connectivity index (χ1) is 9.94. The van der Waals surface area contributed by atoms with Crippen LogP contribution in [0.5, 0.6) is 0 Å². The minimum absolute atomic E-state index is 0.0971. The van der Waals surface area contributed by atoms with E-state index in [0.717, 1.165) is 25.2 Å². The smallest absolute Gasteiger partial charge is 0.178 e. The molecule has 2 nitrogen and oxygen atoms in total. The molecule has 4 unspecified atom stereocenters. The molecule has 1 N–H and O–H groups in total. The van der Waals surface area contributed by atoms with Gasteiger partial charge in [0.2, 0.25) is 0 Å². The quantitative estimate of drug-likeness (QED) is 0.738. The largest absolute Gasteiger partial charge is 0.393 e. The molecule has 0 aromatic heterocycles. The van der Waals surface area contributed by atoms with Gasteiger partial charge in [0.25, 0.3) is 0 Å². The van der Waals surface area contributed by atoms with E-state index in [9.17, 15) is 9.90 Å². The van der Waals surface area contributed by atoms with Crippen LogP contribution in [0.1, 0.15) is 52.4 Å². The van der Waals surface area contributed by atoms with Crippen LogP contribution < -0.4 is 0 Å². The lowest BCUT2D eigenvalue weighted by Gasteiger charge is -2.58. The van der Waals surface area contributed by atoms with Crippen molar-refractivity contribution in [2.75, 3.05) is 0 Å². The highest BCUT2D eigenvalue weighted by Crippen LogP contribution is 2.64. The van der Waals surface area contributed by atoms with Crippen molar-refractivity contribution in [3.8, 4) is 0 Å². The van der Waals surface area contributed by atoms with Gasteiger partial charge in [-0.1, -0.05) is 31.9 Å². The van der Waals surface area contributed by atoms with Crippen molar-refractivity contribution in [3.63, 3.8) is 0 Å². The van der Waals surface area contributed by atoms with Crippen molar-refractivity contribution >= 4 is 5.78 Å². The fourth-order valence-electron chi connectivity index (χ4n) is 6.34. The number of allylic oxidation sites excluding steroid dienone is 4. The first-order valence-corrected chi connectivity index (χ1v) is 8.56. The van der Waals surface area contributed by atoms with Crippen molar-refractivity contribution in [2.24, 2.45) is 28.6 Å². The van der Waals surface area contributed by atoms with Gasteiger partial charge in [-0.3, -0.25) is 4.79 Å². The maximum Gasteiger partial charge on any atom is 0.178 e. The topological polar surface area (TPSA) is 37.3 Å². The Balaban J connectivity index is 1.76. The lowest BCUT2D eigenvalue weighted by molar-refractivity contribution is -0.113. The molecule has 2 heteroatoms. The third kappa shape index (κ3) is 1.78. The van der Waals surface area contributed by atoms with Gasteiger partial charge in [0, 0.05) is 11.3 Å². The van der Waals surface area contributed by atoms with Gasteiger partial charge in [-0.2, -0.15) is 0 Å². The SMILES string of the molecule is C[C@@]12CCCC1C1CCC3=CC(=O)C=C[C@]3(C)C1C(O)C2. The number of aliphatic hydroxyl groups excluding tert-OH is 1. The van der Waals surface area contributed by atoms with Crippen LogP contribution in [0.25, 0.3) is 0 Å². The van der Waals surface area contributed by atoms with Crippen LogP contribution in [0.3, 0.4) is 0 Å². The summed E-state index contributed by atoms with van der Waals surface area (Å²) in [6, 6.07) is 0. The van der Waals surface area contributed by atoms with Gasteiger partial charge in [-0.15, -0.1) is 0 Å². The zero-order valence-corrected chi connectivity index (χ0v) is 13.1. The van der Waals surface area contributed by atoms with E-state index in [2.05, 4.69) is 19.9 Å². The van der Waals surface area contributed by atoms with Gasteiger partial charge in [-0.25, -0.2) is 0 Å². The summed E-state index contributed by atoms with van der Waals surface area (Å²) in [7, 11) is 0. The molecule has 0 heterocycles. The molecule has 3 saturated carbocycles. The normalized spacial score (nSPS) is 52.0. The molecule has 0 bridgehead atoms. The van der Waals surface area contributed by atoms with Crippen LogP contribution >= 0.6 is 0 Å². The highest BCUT2D eigenvalue weighted by molar-refractivity contribution is 6.01. The summed E-state index contributed by atoms with van der Waals surface area (Å²) in [5.74, 6) is 1.83. The van der Waals surface area contributed by atoms with E-state index in [4.69, 9.17) is 0 Å². The Hall–Kier alpha value is -0.890. The average Bonchev–Trinajstić information content (AvgIpc) is 2.80. The number of rotatable bonds is 0. The van der Waals surface area contributed by atoms with Gasteiger partial charge >= 0.3 is 0 Å². The van der Waals surface area contributed by atoms with Gasteiger partial charge < -0.3 is 5.11 Å². The molecule has 0 aromatic rings. The van der Waals surface area contributed by atoms with Crippen molar-refractivity contribution in [1.82, 2.24) is 0 Å². The third-order valence-electron chi connectivity index (χ3n) is 7.27.